The first-order valence-electron chi connectivity index (χ1n) is 7.88. The summed E-state index contributed by atoms with van der Waals surface area (Å²) >= 11 is 1.42. The van der Waals surface area contributed by atoms with E-state index in [1.165, 1.54) is 29.5 Å². The highest BCUT2D eigenvalue weighted by Crippen LogP contribution is 2.30. The summed E-state index contributed by atoms with van der Waals surface area (Å²) in [5, 5.41) is 12.9. The second kappa shape index (κ2) is 6.86. The van der Waals surface area contributed by atoms with Crippen LogP contribution in [0.3, 0.4) is 0 Å². The molecule has 1 N–H and O–H groups in total. The van der Waals surface area contributed by atoms with Gasteiger partial charge >= 0.3 is 5.97 Å². The van der Waals surface area contributed by atoms with E-state index in [0.717, 1.165) is 0 Å². The molecule has 3 heterocycles. The highest BCUT2D eigenvalue weighted by atomic mass is 32.2. The van der Waals surface area contributed by atoms with E-state index < -0.39 is 16.0 Å². The molecule has 1 aliphatic rings. The third-order valence-corrected chi connectivity index (χ3v) is 7.05. The van der Waals surface area contributed by atoms with Gasteiger partial charge in [-0.25, -0.2) is 13.2 Å². The zero-order valence-electron chi connectivity index (χ0n) is 14.3. The molecule has 1 aliphatic heterocycles. The first kappa shape index (κ1) is 18.6. The van der Waals surface area contributed by atoms with Gasteiger partial charge in [0.15, 0.2) is 0 Å². The predicted molar refractivity (Wildman–Crippen MR) is 94.1 cm³/mol. The van der Waals surface area contributed by atoms with Gasteiger partial charge in [-0.2, -0.15) is 15.6 Å². The van der Waals surface area contributed by atoms with E-state index in [0.29, 0.717) is 5.56 Å². The van der Waals surface area contributed by atoms with Crippen LogP contribution in [0.5, 0.6) is 0 Å². The Morgan fingerprint density at radius 1 is 1.15 bits per heavy atom. The maximum absolute atomic E-state index is 13.0. The van der Waals surface area contributed by atoms with Crippen molar-refractivity contribution in [2.75, 3.05) is 26.2 Å². The minimum atomic E-state index is -4.03. The van der Waals surface area contributed by atoms with Gasteiger partial charge in [-0.05, 0) is 25.3 Å². The molecule has 0 unspecified atom stereocenters. The van der Waals surface area contributed by atoms with Crippen molar-refractivity contribution in [1.82, 2.24) is 9.21 Å². The van der Waals surface area contributed by atoms with E-state index in [9.17, 15) is 23.1 Å². The van der Waals surface area contributed by atoms with Crippen molar-refractivity contribution in [3.63, 3.8) is 0 Å². The topological polar surface area (TPSA) is 108 Å². The number of nitrogens with zero attached hydrogens (tertiary/aromatic N) is 2. The summed E-state index contributed by atoms with van der Waals surface area (Å²) in [5.74, 6) is -1.37. The molecule has 2 aromatic heterocycles. The summed E-state index contributed by atoms with van der Waals surface area (Å²) < 4.78 is 32.4. The second-order valence-corrected chi connectivity index (χ2v) is 8.59. The molecule has 0 aromatic carbocycles. The summed E-state index contributed by atoms with van der Waals surface area (Å²) in [6.07, 6.45) is 0. The van der Waals surface area contributed by atoms with E-state index in [2.05, 4.69) is 0 Å². The van der Waals surface area contributed by atoms with Crippen molar-refractivity contribution in [1.29, 1.82) is 0 Å². The third kappa shape index (κ3) is 3.15. The van der Waals surface area contributed by atoms with Crippen LogP contribution in [0.2, 0.25) is 0 Å². The Balaban J connectivity index is 1.81. The standard InChI is InChI=1S/C16H18N2O6S2/c1-10-13(16(20)21)14(11(2)24-10)26(22,23)18-6-4-17(5-7-18)15(19)12-3-8-25-9-12/h3,8-9H,4-7H2,1-2H3,(H,20,21). The van der Waals surface area contributed by atoms with Gasteiger partial charge in [-0.3, -0.25) is 4.79 Å². The number of aryl methyl sites for hydroxylation is 2. The Bertz CT molecular complexity index is 938. The smallest absolute Gasteiger partial charge is 0.340 e. The Hall–Kier alpha value is -2.17. The molecule has 26 heavy (non-hydrogen) atoms. The van der Waals surface area contributed by atoms with Crippen molar-refractivity contribution < 1.29 is 27.5 Å². The summed E-state index contributed by atoms with van der Waals surface area (Å²) in [4.78, 5) is 25.1. The van der Waals surface area contributed by atoms with E-state index >= 15 is 0 Å². The number of hydrogen-bond donors (Lipinski definition) is 1. The van der Waals surface area contributed by atoms with Crippen molar-refractivity contribution in [2.24, 2.45) is 0 Å². The molecule has 2 aromatic rings. The zero-order valence-corrected chi connectivity index (χ0v) is 15.9. The average molecular weight is 398 g/mol. The van der Waals surface area contributed by atoms with Crippen LogP contribution in [0.1, 0.15) is 32.2 Å². The molecule has 140 valence electrons. The minimum absolute atomic E-state index is 0.0525. The van der Waals surface area contributed by atoms with Gasteiger partial charge in [-0.1, -0.05) is 0 Å². The van der Waals surface area contributed by atoms with Gasteiger partial charge in [0.1, 0.15) is 22.0 Å². The molecule has 1 fully saturated rings. The number of furan rings is 1. The molecule has 0 atom stereocenters. The number of hydrogen-bond acceptors (Lipinski definition) is 6. The first-order valence-corrected chi connectivity index (χ1v) is 10.3. The number of sulfonamides is 1. The number of rotatable bonds is 4. The average Bonchev–Trinajstić information content (AvgIpc) is 3.22. The molecule has 3 rings (SSSR count). The Morgan fingerprint density at radius 2 is 1.81 bits per heavy atom. The largest absolute Gasteiger partial charge is 0.478 e. The van der Waals surface area contributed by atoms with E-state index in [-0.39, 0.29) is 54.1 Å². The Morgan fingerprint density at radius 3 is 2.35 bits per heavy atom. The lowest BCUT2D eigenvalue weighted by Crippen LogP contribution is -2.50. The van der Waals surface area contributed by atoms with Crippen LogP contribution in [0.25, 0.3) is 0 Å². The van der Waals surface area contributed by atoms with Crippen LogP contribution in [0.15, 0.2) is 26.1 Å². The molecular formula is C16H18N2O6S2. The van der Waals surface area contributed by atoms with Gasteiger partial charge < -0.3 is 14.4 Å². The summed E-state index contributed by atoms with van der Waals surface area (Å²) in [5.41, 5.74) is 0.250. The summed E-state index contributed by atoms with van der Waals surface area (Å²) in [6.45, 7) is 3.54. The monoisotopic (exact) mass is 398 g/mol. The number of carbonyl (C=O) groups is 2. The van der Waals surface area contributed by atoms with Crippen LogP contribution in [-0.4, -0.2) is 60.8 Å². The van der Waals surface area contributed by atoms with Crippen LogP contribution in [0.4, 0.5) is 0 Å². The Kier molecular flexibility index (Phi) is 4.91. The van der Waals surface area contributed by atoms with Crippen molar-refractivity contribution in [3.8, 4) is 0 Å². The molecule has 0 saturated carbocycles. The number of thiophene rings is 1. The van der Waals surface area contributed by atoms with Gasteiger partial charge in [0.2, 0.25) is 10.0 Å². The molecular weight excluding hydrogens is 380 g/mol. The summed E-state index contributed by atoms with van der Waals surface area (Å²) in [7, 11) is -4.03. The van der Waals surface area contributed by atoms with Crippen molar-refractivity contribution >= 4 is 33.2 Å². The van der Waals surface area contributed by atoms with E-state index in [4.69, 9.17) is 4.42 Å². The van der Waals surface area contributed by atoms with Crippen molar-refractivity contribution in [3.05, 3.63) is 39.5 Å². The second-order valence-electron chi connectivity index (χ2n) is 5.93. The van der Waals surface area contributed by atoms with Gasteiger partial charge in [0.25, 0.3) is 5.91 Å². The van der Waals surface area contributed by atoms with Crippen LogP contribution in [0, 0.1) is 13.8 Å². The van der Waals surface area contributed by atoms with Crippen molar-refractivity contribution in [2.45, 2.75) is 18.7 Å². The maximum atomic E-state index is 13.0. The number of carboxylic acid groups (broad SMARTS) is 1. The molecule has 0 bridgehead atoms. The number of amides is 1. The molecule has 10 heteroatoms. The fourth-order valence-electron chi connectivity index (χ4n) is 3.05. The lowest BCUT2D eigenvalue weighted by atomic mass is 10.2. The number of aromatic carboxylic acids is 1. The molecule has 8 nitrogen and oxygen atoms in total. The highest BCUT2D eigenvalue weighted by molar-refractivity contribution is 7.89. The number of piperazine rings is 1. The lowest BCUT2D eigenvalue weighted by molar-refractivity contribution is 0.0689. The van der Waals surface area contributed by atoms with Crippen LogP contribution < -0.4 is 0 Å². The highest BCUT2D eigenvalue weighted by Gasteiger charge is 2.37. The molecule has 1 amide bonds. The van der Waals surface area contributed by atoms with Crippen LogP contribution >= 0.6 is 11.3 Å². The van der Waals surface area contributed by atoms with E-state index in [1.807, 2.05) is 5.38 Å². The minimum Gasteiger partial charge on any atom is -0.478 e. The molecule has 0 radical (unpaired) electrons. The van der Waals surface area contributed by atoms with Gasteiger partial charge in [0, 0.05) is 31.6 Å². The quantitative estimate of drug-likeness (QED) is 0.841. The SMILES string of the molecule is Cc1oc(C)c(S(=O)(=O)N2CCN(C(=O)c3ccsc3)CC2)c1C(=O)O. The van der Waals surface area contributed by atoms with Gasteiger partial charge in [-0.15, -0.1) is 0 Å². The van der Waals surface area contributed by atoms with Gasteiger partial charge in [0.05, 0.1) is 5.56 Å². The fourth-order valence-corrected chi connectivity index (χ4v) is 5.48. The first-order chi connectivity index (χ1) is 12.2. The lowest BCUT2D eigenvalue weighted by Gasteiger charge is -2.33. The predicted octanol–water partition coefficient (Wildman–Crippen LogP) is 1.80. The zero-order chi connectivity index (χ0) is 19.1. The Labute approximate surface area is 154 Å². The fraction of sp³-hybridized carbons (Fsp3) is 0.375. The molecule has 1 saturated heterocycles. The summed E-state index contributed by atoms with van der Waals surface area (Å²) in [6, 6.07) is 1.73. The number of carbonyl (C=O) groups excluding carboxylic acids is 1. The number of carboxylic acids is 1. The maximum Gasteiger partial charge on any atom is 0.340 e. The molecule has 0 spiro atoms. The van der Waals surface area contributed by atoms with Crippen LogP contribution in [-0.2, 0) is 10.0 Å². The third-order valence-electron chi connectivity index (χ3n) is 4.31. The van der Waals surface area contributed by atoms with E-state index in [1.54, 1.807) is 16.3 Å². The normalized spacial score (nSPS) is 16.0. The molecule has 0 aliphatic carbocycles.